The van der Waals surface area contributed by atoms with E-state index in [9.17, 15) is 5.26 Å². The van der Waals surface area contributed by atoms with Gasteiger partial charge >= 0.3 is 0 Å². The lowest BCUT2D eigenvalue weighted by atomic mass is 10.0. The van der Waals surface area contributed by atoms with Crippen LogP contribution < -0.4 is 9.46 Å². The van der Waals surface area contributed by atoms with Gasteiger partial charge in [-0.1, -0.05) is 36.7 Å². The number of ether oxygens (including phenoxy) is 1. The summed E-state index contributed by atoms with van der Waals surface area (Å²) >= 11 is 1.51. The highest BCUT2D eigenvalue weighted by Crippen LogP contribution is 2.28. The Hall–Kier alpha value is -2.84. The van der Waals surface area contributed by atoms with Gasteiger partial charge in [0.1, 0.15) is 17.5 Å². The van der Waals surface area contributed by atoms with Gasteiger partial charge < -0.3 is 14.0 Å². The van der Waals surface area contributed by atoms with Gasteiger partial charge in [-0.05, 0) is 74.1 Å². The second-order valence-electron chi connectivity index (χ2n) is 7.59. The van der Waals surface area contributed by atoms with Crippen molar-refractivity contribution in [1.82, 2.24) is 9.29 Å². The van der Waals surface area contributed by atoms with Crippen molar-refractivity contribution in [2.45, 2.75) is 40.2 Å². The zero-order valence-electron chi connectivity index (χ0n) is 18.2. The Balaban J connectivity index is 1.77. The molecule has 5 heteroatoms. The minimum absolute atomic E-state index is 0.572. The molecule has 0 aliphatic heterocycles. The van der Waals surface area contributed by atoms with Crippen LogP contribution >= 0.6 is 11.9 Å². The topological polar surface area (TPSA) is 50.0 Å². The second-order valence-corrected chi connectivity index (χ2v) is 8.20. The van der Waals surface area contributed by atoms with Gasteiger partial charge in [-0.2, -0.15) is 5.26 Å². The molecule has 0 aliphatic carbocycles. The van der Waals surface area contributed by atoms with E-state index in [2.05, 4.69) is 67.0 Å². The lowest BCUT2D eigenvalue weighted by Gasteiger charge is -2.11. The number of para-hydroxylation sites is 1. The van der Waals surface area contributed by atoms with E-state index >= 15 is 0 Å². The Morgan fingerprint density at radius 1 is 1.20 bits per heavy atom. The minimum Gasteiger partial charge on any atom is -0.494 e. The van der Waals surface area contributed by atoms with Crippen LogP contribution in [0.5, 0.6) is 5.75 Å². The second kappa shape index (κ2) is 9.77. The molecule has 3 rings (SSSR count). The van der Waals surface area contributed by atoms with Crippen LogP contribution in [0, 0.1) is 32.1 Å². The minimum atomic E-state index is 0.572. The number of nitrogens with zero attached hydrogens (tertiary/aromatic N) is 2. The summed E-state index contributed by atoms with van der Waals surface area (Å²) < 4.78 is 11.3. The summed E-state index contributed by atoms with van der Waals surface area (Å²) in [4.78, 5) is 0. The fourth-order valence-corrected chi connectivity index (χ4v) is 4.16. The van der Waals surface area contributed by atoms with Crippen LogP contribution in [0.15, 0.2) is 48.7 Å². The molecule has 0 bridgehead atoms. The number of nitrogens with one attached hydrogen (secondary N) is 1. The van der Waals surface area contributed by atoms with E-state index in [1.165, 1.54) is 28.6 Å². The monoisotopic (exact) mass is 419 g/mol. The molecule has 1 N–H and O–H groups in total. The molecule has 1 aromatic heterocycles. The van der Waals surface area contributed by atoms with Crippen molar-refractivity contribution < 1.29 is 4.74 Å². The first-order valence-electron chi connectivity index (χ1n) is 10.1. The summed E-state index contributed by atoms with van der Waals surface area (Å²) in [7, 11) is 0. The summed E-state index contributed by atoms with van der Waals surface area (Å²) in [5.74, 6) is 0.915. The van der Waals surface area contributed by atoms with Crippen molar-refractivity contribution in [3.63, 3.8) is 0 Å². The zero-order valence-corrected chi connectivity index (χ0v) is 19.0. The number of aromatic nitrogens is 1. The third-order valence-electron chi connectivity index (χ3n) is 5.52. The predicted octanol–water partition coefficient (Wildman–Crippen LogP) is 5.83. The molecule has 0 radical (unpaired) electrons. The molecule has 3 aromatic rings. The first kappa shape index (κ1) is 21.9. The molecule has 0 unspecified atom stereocenters. The van der Waals surface area contributed by atoms with Gasteiger partial charge in [0.25, 0.3) is 0 Å². The Kier molecular flexibility index (Phi) is 7.12. The zero-order chi connectivity index (χ0) is 21.7. The average molecular weight is 420 g/mol. The van der Waals surface area contributed by atoms with Crippen molar-refractivity contribution >= 4 is 22.9 Å². The van der Waals surface area contributed by atoms with Crippen LogP contribution in [-0.4, -0.2) is 17.4 Å². The molecule has 156 valence electrons. The van der Waals surface area contributed by atoms with E-state index < -0.39 is 0 Å². The first-order chi connectivity index (χ1) is 14.5. The maximum Gasteiger partial charge on any atom is 0.124 e. The van der Waals surface area contributed by atoms with Gasteiger partial charge in [0, 0.05) is 22.9 Å². The van der Waals surface area contributed by atoms with E-state index in [4.69, 9.17) is 4.74 Å². The normalized spacial score (nSPS) is 10.8. The Labute approximate surface area is 183 Å². The van der Waals surface area contributed by atoms with Crippen LogP contribution in [0.3, 0.4) is 0 Å². The third-order valence-corrected chi connectivity index (χ3v) is 6.01. The first-order valence-corrected chi connectivity index (χ1v) is 11.4. The molecule has 0 saturated heterocycles. The van der Waals surface area contributed by atoms with E-state index in [0.29, 0.717) is 18.8 Å². The molecule has 0 amide bonds. The van der Waals surface area contributed by atoms with Crippen molar-refractivity contribution in [2.24, 2.45) is 0 Å². The van der Waals surface area contributed by atoms with Crippen LogP contribution in [0.25, 0.3) is 10.9 Å². The van der Waals surface area contributed by atoms with Crippen LogP contribution in [0.2, 0.25) is 0 Å². The number of allylic oxidation sites excluding steroid dienone is 1. The van der Waals surface area contributed by atoms with Gasteiger partial charge in [-0.3, -0.25) is 0 Å². The molecular formula is C25H29N3OS. The van der Waals surface area contributed by atoms with E-state index in [0.717, 1.165) is 40.8 Å². The summed E-state index contributed by atoms with van der Waals surface area (Å²) in [6, 6.07) is 14.8. The standard InChI is InChI=1S/C25H29N3OS/c1-17-13-21(14-18(2)20(17)4)29-12-8-10-23-22-9-6-7-11-24(22)28(25(23)15-26)16-19(3)27-30-5/h6-7,9,11,13-14,27H,3,8,10,12,16H2,1-2,4-5H3. The van der Waals surface area contributed by atoms with Gasteiger partial charge in [0.05, 0.1) is 13.2 Å². The molecule has 0 saturated carbocycles. The van der Waals surface area contributed by atoms with Crippen molar-refractivity contribution in [3.8, 4) is 11.8 Å². The fourth-order valence-electron chi connectivity index (χ4n) is 3.81. The SMILES string of the molecule is C=C(Cn1c(C#N)c(CCCOc2cc(C)c(C)c(C)c2)c2ccccc21)NSC. The lowest BCUT2D eigenvalue weighted by molar-refractivity contribution is 0.310. The van der Waals surface area contributed by atoms with E-state index in [1.807, 2.05) is 18.4 Å². The smallest absolute Gasteiger partial charge is 0.124 e. The maximum atomic E-state index is 9.91. The predicted molar refractivity (Wildman–Crippen MR) is 127 cm³/mol. The van der Waals surface area contributed by atoms with Crippen molar-refractivity contribution in [3.05, 3.63) is 76.6 Å². The summed E-state index contributed by atoms with van der Waals surface area (Å²) in [6.45, 7) is 11.6. The molecule has 0 spiro atoms. The highest BCUT2D eigenvalue weighted by Gasteiger charge is 2.17. The highest BCUT2D eigenvalue weighted by atomic mass is 32.2. The van der Waals surface area contributed by atoms with Crippen LogP contribution in [0.1, 0.15) is 34.4 Å². The highest BCUT2D eigenvalue weighted by molar-refractivity contribution is 7.96. The maximum absolute atomic E-state index is 9.91. The number of hydrogen-bond acceptors (Lipinski definition) is 4. The van der Waals surface area contributed by atoms with Crippen LogP contribution in [-0.2, 0) is 13.0 Å². The number of benzene rings is 2. The van der Waals surface area contributed by atoms with Gasteiger partial charge in [0.2, 0.25) is 0 Å². The third kappa shape index (κ3) is 4.66. The van der Waals surface area contributed by atoms with Crippen LogP contribution in [0.4, 0.5) is 0 Å². The van der Waals surface area contributed by atoms with Crippen molar-refractivity contribution in [1.29, 1.82) is 5.26 Å². The van der Waals surface area contributed by atoms with Gasteiger partial charge in [-0.25, -0.2) is 0 Å². The Bertz CT molecular complexity index is 1080. The molecule has 0 aliphatic rings. The van der Waals surface area contributed by atoms with Gasteiger partial charge in [0.15, 0.2) is 0 Å². The number of rotatable bonds is 9. The molecule has 0 atom stereocenters. The quantitative estimate of drug-likeness (QED) is 0.350. The average Bonchev–Trinajstić information content (AvgIpc) is 3.02. The number of nitriles is 1. The molecule has 30 heavy (non-hydrogen) atoms. The largest absolute Gasteiger partial charge is 0.494 e. The Morgan fingerprint density at radius 2 is 1.90 bits per heavy atom. The number of fused-ring (bicyclic) bond motifs is 1. The number of aryl methyl sites for hydroxylation is 3. The molecular weight excluding hydrogens is 390 g/mol. The van der Waals surface area contributed by atoms with Crippen molar-refractivity contribution in [2.75, 3.05) is 12.9 Å². The number of hydrogen-bond donors (Lipinski definition) is 1. The molecule has 1 heterocycles. The van der Waals surface area contributed by atoms with Gasteiger partial charge in [-0.15, -0.1) is 0 Å². The lowest BCUT2D eigenvalue weighted by Crippen LogP contribution is -2.11. The fraction of sp³-hybridized carbons (Fsp3) is 0.320. The molecule has 0 fully saturated rings. The van der Waals surface area contributed by atoms with E-state index in [-0.39, 0.29) is 0 Å². The molecule has 2 aromatic carbocycles. The summed E-state index contributed by atoms with van der Waals surface area (Å²) in [5.41, 5.74) is 7.55. The van der Waals surface area contributed by atoms with E-state index in [1.54, 1.807) is 0 Å². The Morgan fingerprint density at radius 3 is 2.57 bits per heavy atom. The summed E-state index contributed by atoms with van der Waals surface area (Å²) in [5, 5.41) is 11.0. The summed E-state index contributed by atoms with van der Waals surface area (Å²) in [6.07, 6.45) is 3.61. The molecule has 4 nitrogen and oxygen atoms in total.